The Morgan fingerprint density at radius 3 is 2.67 bits per heavy atom. The Balaban J connectivity index is 3.09. The van der Waals surface area contributed by atoms with E-state index in [9.17, 15) is 0 Å². The second-order valence-corrected chi connectivity index (χ2v) is 2.33. The van der Waals surface area contributed by atoms with E-state index in [1.807, 2.05) is 0 Å². The molecular formula is C6H13ClO2. The van der Waals surface area contributed by atoms with Crippen LogP contribution in [0.4, 0.5) is 0 Å². The molecule has 0 aliphatic carbocycles. The van der Waals surface area contributed by atoms with Crippen LogP contribution in [0.15, 0.2) is 0 Å². The number of unbranched alkanes of at least 4 members (excludes halogenated alkanes) is 1. The van der Waals surface area contributed by atoms with Crippen molar-refractivity contribution in [3.63, 3.8) is 0 Å². The van der Waals surface area contributed by atoms with Crippen LogP contribution in [-0.4, -0.2) is 17.2 Å². The van der Waals surface area contributed by atoms with Crippen molar-refractivity contribution in [2.24, 2.45) is 0 Å². The first-order valence-corrected chi connectivity index (χ1v) is 3.74. The van der Waals surface area contributed by atoms with Crippen LogP contribution in [-0.2, 0) is 4.89 Å². The Kier molecular flexibility index (Phi) is 6.48. The summed E-state index contributed by atoms with van der Waals surface area (Å²) in [6, 6.07) is 0. The van der Waals surface area contributed by atoms with Crippen LogP contribution in [0.3, 0.4) is 0 Å². The van der Waals surface area contributed by atoms with E-state index in [0.717, 1.165) is 19.3 Å². The number of alkyl halides is 1. The molecule has 0 bridgehead atoms. The Morgan fingerprint density at radius 2 is 2.33 bits per heavy atom. The van der Waals surface area contributed by atoms with E-state index in [0.29, 0.717) is 5.88 Å². The lowest BCUT2D eigenvalue weighted by Gasteiger charge is -2.06. The van der Waals surface area contributed by atoms with Gasteiger partial charge in [-0.25, -0.2) is 4.89 Å². The SMILES string of the molecule is CCCCC(CCl)OO. The number of rotatable bonds is 5. The van der Waals surface area contributed by atoms with Crippen molar-refractivity contribution in [1.82, 2.24) is 0 Å². The smallest absolute Gasteiger partial charge is 0.106 e. The highest BCUT2D eigenvalue weighted by Crippen LogP contribution is 2.04. The van der Waals surface area contributed by atoms with Gasteiger partial charge < -0.3 is 0 Å². The van der Waals surface area contributed by atoms with Gasteiger partial charge in [0, 0.05) is 0 Å². The van der Waals surface area contributed by atoms with Gasteiger partial charge in [-0.2, -0.15) is 0 Å². The first kappa shape index (κ1) is 9.21. The largest absolute Gasteiger partial charge is 0.251 e. The number of hydrogen-bond donors (Lipinski definition) is 1. The van der Waals surface area contributed by atoms with Crippen LogP contribution in [0, 0.1) is 0 Å². The lowest BCUT2D eigenvalue weighted by atomic mass is 10.2. The Hall–Kier alpha value is 0.210. The Morgan fingerprint density at radius 1 is 1.67 bits per heavy atom. The molecule has 0 spiro atoms. The molecule has 1 N–H and O–H groups in total. The van der Waals surface area contributed by atoms with Gasteiger partial charge >= 0.3 is 0 Å². The summed E-state index contributed by atoms with van der Waals surface area (Å²) >= 11 is 5.42. The zero-order valence-corrected chi connectivity index (χ0v) is 6.40. The summed E-state index contributed by atoms with van der Waals surface area (Å²) in [7, 11) is 0. The van der Waals surface area contributed by atoms with Gasteiger partial charge in [0.25, 0.3) is 0 Å². The average Bonchev–Trinajstić information content (AvgIpc) is 1.91. The molecular weight excluding hydrogens is 140 g/mol. The summed E-state index contributed by atoms with van der Waals surface area (Å²) in [4.78, 5) is 4.07. The minimum absolute atomic E-state index is 0.174. The van der Waals surface area contributed by atoms with E-state index < -0.39 is 0 Å². The third-order valence-corrected chi connectivity index (χ3v) is 1.55. The molecule has 0 aliphatic heterocycles. The minimum Gasteiger partial charge on any atom is -0.251 e. The van der Waals surface area contributed by atoms with Crippen LogP contribution in [0.25, 0.3) is 0 Å². The van der Waals surface area contributed by atoms with Gasteiger partial charge in [0.1, 0.15) is 6.10 Å². The molecule has 0 amide bonds. The first-order valence-electron chi connectivity index (χ1n) is 3.21. The van der Waals surface area contributed by atoms with Crippen molar-refractivity contribution in [1.29, 1.82) is 0 Å². The molecule has 0 aromatic carbocycles. The number of hydrogen-bond acceptors (Lipinski definition) is 2. The van der Waals surface area contributed by atoms with Crippen LogP contribution in [0.5, 0.6) is 0 Å². The molecule has 0 saturated carbocycles. The van der Waals surface area contributed by atoms with Gasteiger partial charge in [-0.3, -0.25) is 5.26 Å². The summed E-state index contributed by atoms with van der Waals surface area (Å²) in [6.07, 6.45) is 2.83. The molecule has 0 fully saturated rings. The van der Waals surface area contributed by atoms with Crippen LogP contribution in [0.1, 0.15) is 26.2 Å². The van der Waals surface area contributed by atoms with Crippen molar-refractivity contribution in [3.8, 4) is 0 Å². The normalized spacial score (nSPS) is 13.7. The second kappa shape index (κ2) is 6.33. The molecule has 1 atom stereocenters. The van der Waals surface area contributed by atoms with E-state index in [1.165, 1.54) is 0 Å². The second-order valence-electron chi connectivity index (χ2n) is 2.02. The van der Waals surface area contributed by atoms with Crippen molar-refractivity contribution in [2.75, 3.05) is 5.88 Å². The van der Waals surface area contributed by atoms with Crippen molar-refractivity contribution >= 4 is 11.6 Å². The standard InChI is InChI=1S/C6H13ClO2/c1-2-3-4-6(5-7)9-8/h6,8H,2-5H2,1H3. The summed E-state index contributed by atoms with van der Waals surface area (Å²) in [6.45, 7) is 2.09. The molecule has 56 valence electrons. The average molecular weight is 153 g/mol. The molecule has 3 heteroatoms. The maximum atomic E-state index is 8.17. The quantitative estimate of drug-likeness (QED) is 0.372. The molecule has 2 nitrogen and oxygen atoms in total. The molecule has 9 heavy (non-hydrogen) atoms. The zero-order chi connectivity index (χ0) is 7.11. The predicted molar refractivity (Wildman–Crippen MR) is 37.7 cm³/mol. The molecule has 0 aromatic rings. The third-order valence-electron chi connectivity index (χ3n) is 1.20. The summed E-state index contributed by atoms with van der Waals surface area (Å²) < 4.78 is 0. The fourth-order valence-corrected chi connectivity index (χ4v) is 0.800. The minimum atomic E-state index is -0.174. The maximum absolute atomic E-state index is 8.17. The third kappa shape index (κ3) is 4.70. The molecule has 0 rings (SSSR count). The molecule has 1 unspecified atom stereocenters. The predicted octanol–water partition coefficient (Wildman–Crippen LogP) is 2.27. The molecule has 0 radical (unpaired) electrons. The zero-order valence-electron chi connectivity index (χ0n) is 5.64. The van der Waals surface area contributed by atoms with Crippen molar-refractivity contribution in [3.05, 3.63) is 0 Å². The lowest BCUT2D eigenvalue weighted by molar-refractivity contribution is -0.274. The lowest BCUT2D eigenvalue weighted by Crippen LogP contribution is -2.11. The van der Waals surface area contributed by atoms with Crippen LogP contribution in [0.2, 0.25) is 0 Å². The summed E-state index contributed by atoms with van der Waals surface area (Å²) in [5, 5.41) is 8.17. The van der Waals surface area contributed by atoms with Gasteiger partial charge in [0.05, 0.1) is 5.88 Å². The van der Waals surface area contributed by atoms with Gasteiger partial charge in [0.2, 0.25) is 0 Å². The highest BCUT2D eigenvalue weighted by Gasteiger charge is 2.04. The maximum Gasteiger partial charge on any atom is 0.106 e. The number of halogens is 1. The monoisotopic (exact) mass is 152 g/mol. The fourth-order valence-electron chi connectivity index (χ4n) is 0.590. The van der Waals surface area contributed by atoms with Gasteiger partial charge in [-0.1, -0.05) is 19.8 Å². The fraction of sp³-hybridized carbons (Fsp3) is 1.00. The Bertz CT molecular complexity index is 55.0. The van der Waals surface area contributed by atoms with Crippen LogP contribution < -0.4 is 0 Å². The summed E-state index contributed by atoms with van der Waals surface area (Å²) in [5.74, 6) is 0.372. The van der Waals surface area contributed by atoms with Crippen molar-refractivity contribution in [2.45, 2.75) is 32.3 Å². The first-order chi connectivity index (χ1) is 4.35. The van der Waals surface area contributed by atoms with Gasteiger partial charge in [0.15, 0.2) is 0 Å². The molecule has 0 heterocycles. The molecule has 0 saturated heterocycles. The van der Waals surface area contributed by atoms with Gasteiger partial charge in [-0.15, -0.1) is 11.6 Å². The molecule has 0 aliphatic rings. The van der Waals surface area contributed by atoms with E-state index in [2.05, 4.69) is 11.8 Å². The topological polar surface area (TPSA) is 29.5 Å². The van der Waals surface area contributed by atoms with Gasteiger partial charge in [-0.05, 0) is 6.42 Å². The van der Waals surface area contributed by atoms with Crippen LogP contribution >= 0.6 is 11.6 Å². The Labute approximate surface area is 60.7 Å². The highest BCUT2D eigenvalue weighted by molar-refractivity contribution is 6.18. The van der Waals surface area contributed by atoms with E-state index in [1.54, 1.807) is 0 Å². The highest BCUT2D eigenvalue weighted by atomic mass is 35.5. The van der Waals surface area contributed by atoms with Crippen molar-refractivity contribution < 1.29 is 10.1 Å². The van der Waals surface area contributed by atoms with E-state index >= 15 is 0 Å². The van der Waals surface area contributed by atoms with E-state index in [-0.39, 0.29) is 6.10 Å². The van der Waals surface area contributed by atoms with E-state index in [4.69, 9.17) is 16.9 Å². The molecule has 0 aromatic heterocycles. The summed E-state index contributed by atoms with van der Waals surface area (Å²) in [5.41, 5.74) is 0.